The Balaban J connectivity index is 1.61. The quantitative estimate of drug-likeness (QED) is 0.114. The molecule has 0 saturated heterocycles. The number of hydrogen-bond acceptors (Lipinski definition) is 7. The number of benzene rings is 3. The summed E-state index contributed by atoms with van der Waals surface area (Å²) in [6, 6.07) is 21.9. The zero-order valence-corrected chi connectivity index (χ0v) is 20.4. The first kappa shape index (κ1) is 23.4. The van der Waals surface area contributed by atoms with Crippen LogP contribution in [-0.2, 0) is 9.53 Å². The molecule has 0 aliphatic rings. The molecule has 0 unspecified atom stereocenters. The Hall–Kier alpha value is -4.37. The third kappa shape index (κ3) is 4.25. The van der Waals surface area contributed by atoms with Crippen molar-refractivity contribution in [2.75, 3.05) is 12.9 Å². The molecule has 0 amide bonds. The highest BCUT2D eigenvalue weighted by molar-refractivity contribution is 7.99. The number of esters is 1. The van der Waals surface area contributed by atoms with Crippen molar-refractivity contribution in [1.29, 1.82) is 0 Å². The van der Waals surface area contributed by atoms with E-state index in [4.69, 9.17) is 9.72 Å². The van der Waals surface area contributed by atoms with Crippen LogP contribution in [0.2, 0.25) is 0 Å². The van der Waals surface area contributed by atoms with Crippen molar-refractivity contribution in [1.82, 2.24) is 19.5 Å². The Morgan fingerprint density at radius 3 is 2.44 bits per heavy atom. The lowest BCUT2D eigenvalue weighted by Gasteiger charge is -2.15. The highest BCUT2D eigenvalue weighted by Crippen LogP contribution is 2.27. The molecule has 36 heavy (non-hydrogen) atoms. The maximum atomic E-state index is 13.5. The number of H-pyrrole nitrogens is 1. The smallest absolute Gasteiger partial charge is 0.345 e. The number of aryl methyl sites for hydroxylation is 1. The molecule has 0 spiro atoms. The van der Waals surface area contributed by atoms with Crippen molar-refractivity contribution in [2.45, 2.75) is 12.1 Å². The van der Waals surface area contributed by atoms with Crippen LogP contribution in [-0.4, -0.2) is 43.5 Å². The van der Waals surface area contributed by atoms with Crippen LogP contribution in [0.25, 0.3) is 33.2 Å². The van der Waals surface area contributed by atoms with Gasteiger partial charge in [-0.15, -0.1) is 0 Å². The Kier molecular flexibility index (Phi) is 6.30. The van der Waals surface area contributed by atoms with Crippen LogP contribution in [0.1, 0.15) is 11.4 Å². The van der Waals surface area contributed by atoms with Crippen LogP contribution >= 0.6 is 11.8 Å². The number of fused-ring (bicyclic) bond motifs is 2. The maximum Gasteiger partial charge on any atom is 0.345 e. The molecular weight excluding hydrogens is 476 g/mol. The highest BCUT2D eigenvalue weighted by Gasteiger charge is 2.23. The first-order valence-corrected chi connectivity index (χ1v) is 12.1. The number of hydrogen-bond donors (Lipinski definition) is 2. The van der Waals surface area contributed by atoms with Crippen LogP contribution in [0.15, 0.2) is 88.5 Å². The summed E-state index contributed by atoms with van der Waals surface area (Å²) in [4.78, 5) is 38.3. The van der Waals surface area contributed by atoms with Crippen molar-refractivity contribution in [3.8, 4) is 5.69 Å². The standard InChI is InChI=1S/C27H22N4O4S/c1-16-9-3-8-14-21(16)31-25(33)17-10-4-5-11-18(17)30-27(31)36-15-22(32)23(26(34)35-2)24-28-19-12-6-7-13-20(19)29-24/h3-14,32H,15H2,1-2H3,(H,28,29)/b23-22-. The van der Waals surface area contributed by atoms with Crippen molar-refractivity contribution >= 4 is 45.2 Å². The van der Waals surface area contributed by atoms with Gasteiger partial charge in [-0.05, 0) is 42.8 Å². The first-order chi connectivity index (χ1) is 17.5. The molecule has 0 fully saturated rings. The van der Waals surface area contributed by atoms with Crippen molar-refractivity contribution in [3.05, 3.63) is 100 Å². The van der Waals surface area contributed by atoms with E-state index < -0.39 is 5.97 Å². The topological polar surface area (TPSA) is 110 Å². The van der Waals surface area contributed by atoms with Crippen LogP contribution in [0, 0.1) is 6.92 Å². The molecule has 0 bridgehead atoms. The number of carbonyl (C=O) groups excluding carboxylic acids is 1. The van der Waals surface area contributed by atoms with Gasteiger partial charge in [-0.3, -0.25) is 9.36 Å². The molecule has 9 heteroatoms. The Morgan fingerprint density at radius 1 is 1.00 bits per heavy atom. The molecule has 8 nitrogen and oxygen atoms in total. The molecule has 0 saturated carbocycles. The summed E-state index contributed by atoms with van der Waals surface area (Å²) in [6.45, 7) is 1.92. The second-order valence-electron chi connectivity index (χ2n) is 8.04. The molecule has 2 N–H and O–H groups in total. The van der Waals surface area contributed by atoms with Gasteiger partial charge in [0.25, 0.3) is 5.56 Å². The monoisotopic (exact) mass is 498 g/mol. The average molecular weight is 499 g/mol. The number of aromatic nitrogens is 4. The number of ether oxygens (including phenoxy) is 1. The molecule has 0 aliphatic heterocycles. The first-order valence-electron chi connectivity index (χ1n) is 11.1. The van der Waals surface area contributed by atoms with E-state index in [0.29, 0.717) is 27.3 Å². The molecule has 2 heterocycles. The summed E-state index contributed by atoms with van der Waals surface area (Å²) in [5.41, 5.74) is 3.22. The fraction of sp³-hybridized carbons (Fsp3) is 0.111. The number of imidazole rings is 1. The number of thioether (sulfide) groups is 1. The van der Waals surface area contributed by atoms with Crippen molar-refractivity contribution < 1.29 is 14.6 Å². The lowest BCUT2D eigenvalue weighted by molar-refractivity contribution is -0.133. The molecule has 0 aliphatic carbocycles. The molecule has 0 radical (unpaired) electrons. The van der Waals surface area contributed by atoms with E-state index in [1.165, 1.54) is 11.7 Å². The van der Waals surface area contributed by atoms with E-state index in [9.17, 15) is 14.7 Å². The number of rotatable bonds is 6. The number of carbonyl (C=O) groups is 1. The Labute approximate surface area is 210 Å². The maximum absolute atomic E-state index is 13.5. The van der Waals surface area contributed by atoms with Crippen LogP contribution in [0.3, 0.4) is 0 Å². The fourth-order valence-electron chi connectivity index (χ4n) is 3.97. The van der Waals surface area contributed by atoms with E-state index in [1.807, 2.05) is 55.5 Å². The van der Waals surface area contributed by atoms with Crippen LogP contribution in [0.5, 0.6) is 0 Å². The number of aromatic amines is 1. The van der Waals surface area contributed by atoms with Gasteiger partial charge in [0, 0.05) is 0 Å². The van der Waals surface area contributed by atoms with Gasteiger partial charge in [0.05, 0.1) is 40.5 Å². The molecule has 2 aromatic heterocycles. The molecule has 180 valence electrons. The number of nitrogens with one attached hydrogen (secondary N) is 1. The van der Waals surface area contributed by atoms with Gasteiger partial charge < -0.3 is 14.8 Å². The number of nitrogens with zero attached hydrogens (tertiary/aromatic N) is 3. The summed E-state index contributed by atoms with van der Waals surface area (Å²) in [5.74, 6) is -0.818. The van der Waals surface area contributed by atoms with Gasteiger partial charge in [0.2, 0.25) is 0 Å². The Morgan fingerprint density at radius 2 is 1.69 bits per heavy atom. The minimum Gasteiger partial charge on any atom is -0.510 e. The Bertz CT molecular complexity index is 1670. The summed E-state index contributed by atoms with van der Waals surface area (Å²) >= 11 is 1.14. The molecular formula is C27H22N4O4S. The number of methoxy groups -OCH3 is 1. The molecule has 0 atom stereocenters. The van der Waals surface area contributed by atoms with E-state index in [-0.39, 0.29) is 28.5 Å². The lowest BCUT2D eigenvalue weighted by Crippen LogP contribution is -2.22. The summed E-state index contributed by atoms with van der Waals surface area (Å²) in [6.07, 6.45) is 0. The zero-order chi connectivity index (χ0) is 25.2. The summed E-state index contributed by atoms with van der Waals surface area (Å²) in [5, 5.41) is 11.9. The summed E-state index contributed by atoms with van der Waals surface area (Å²) < 4.78 is 6.46. The highest BCUT2D eigenvalue weighted by atomic mass is 32.2. The lowest BCUT2D eigenvalue weighted by atomic mass is 10.2. The third-order valence-electron chi connectivity index (χ3n) is 5.74. The third-order valence-corrected chi connectivity index (χ3v) is 6.69. The molecule has 5 rings (SSSR count). The largest absolute Gasteiger partial charge is 0.510 e. The van der Waals surface area contributed by atoms with Crippen molar-refractivity contribution in [2.24, 2.45) is 0 Å². The average Bonchev–Trinajstić information content (AvgIpc) is 3.32. The van der Waals surface area contributed by atoms with Crippen LogP contribution < -0.4 is 5.56 Å². The van der Waals surface area contributed by atoms with Gasteiger partial charge in [0.1, 0.15) is 17.2 Å². The minimum absolute atomic E-state index is 0.0435. The summed E-state index contributed by atoms with van der Waals surface area (Å²) in [7, 11) is 1.24. The van der Waals surface area contributed by atoms with E-state index in [0.717, 1.165) is 22.8 Å². The van der Waals surface area contributed by atoms with Crippen molar-refractivity contribution in [3.63, 3.8) is 0 Å². The van der Waals surface area contributed by atoms with Gasteiger partial charge in [-0.1, -0.05) is 54.2 Å². The van der Waals surface area contributed by atoms with Gasteiger partial charge >= 0.3 is 5.97 Å². The van der Waals surface area contributed by atoms with Gasteiger partial charge in [-0.2, -0.15) is 0 Å². The van der Waals surface area contributed by atoms with E-state index in [1.54, 1.807) is 24.3 Å². The second kappa shape index (κ2) is 9.71. The van der Waals surface area contributed by atoms with E-state index >= 15 is 0 Å². The number of aliphatic hydroxyl groups excluding tert-OH is 1. The zero-order valence-electron chi connectivity index (χ0n) is 19.6. The fourth-order valence-corrected chi connectivity index (χ4v) is 4.85. The normalized spacial score (nSPS) is 12.1. The predicted molar refractivity (Wildman–Crippen MR) is 140 cm³/mol. The van der Waals surface area contributed by atoms with Crippen LogP contribution in [0.4, 0.5) is 0 Å². The SMILES string of the molecule is COC(=O)/C(=C(\O)CSc1nc2ccccc2c(=O)n1-c1ccccc1C)c1nc2ccccc2[nH]1. The van der Waals surface area contributed by atoms with E-state index in [2.05, 4.69) is 9.97 Å². The van der Waals surface area contributed by atoms with Gasteiger partial charge in [-0.25, -0.2) is 14.8 Å². The van der Waals surface area contributed by atoms with Gasteiger partial charge in [0.15, 0.2) is 5.16 Å². The molecule has 3 aromatic carbocycles. The second-order valence-corrected chi connectivity index (χ2v) is 8.99. The molecule has 5 aromatic rings. The minimum atomic E-state index is -0.727. The number of aliphatic hydroxyl groups is 1. The predicted octanol–water partition coefficient (Wildman–Crippen LogP) is 4.80. The number of para-hydroxylation sites is 4.